The molecule has 3 aromatic carbocycles. The van der Waals surface area contributed by atoms with Crippen LogP contribution in [0.3, 0.4) is 0 Å². The minimum atomic E-state index is -0.183. The molecule has 1 aliphatic rings. The molecule has 1 aliphatic heterocycles. The number of para-hydroxylation sites is 2. The highest BCUT2D eigenvalue weighted by Crippen LogP contribution is 2.25. The van der Waals surface area contributed by atoms with E-state index in [1.807, 2.05) is 86.8 Å². The highest BCUT2D eigenvalue weighted by molar-refractivity contribution is 6.05. The van der Waals surface area contributed by atoms with Crippen LogP contribution >= 0.6 is 0 Å². The van der Waals surface area contributed by atoms with Gasteiger partial charge >= 0.3 is 0 Å². The molecule has 3 aromatic rings. The number of hydrogen-bond acceptors (Lipinski definition) is 5. The molecule has 30 heavy (non-hydrogen) atoms. The van der Waals surface area contributed by atoms with Gasteiger partial charge in [0.15, 0.2) is 12.1 Å². The lowest BCUT2D eigenvalue weighted by atomic mass is 10.0. The van der Waals surface area contributed by atoms with Gasteiger partial charge in [0.1, 0.15) is 5.75 Å². The maximum Gasteiger partial charge on any atom is 0.255 e. The van der Waals surface area contributed by atoms with E-state index in [4.69, 9.17) is 9.57 Å². The molecule has 1 N–H and O–H groups in total. The molecular weight excluding hydrogens is 378 g/mol. The van der Waals surface area contributed by atoms with E-state index in [1.54, 1.807) is 12.2 Å². The number of aliphatic imine (C=N–C) groups is 1. The number of anilines is 1. The highest BCUT2D eigenvalue weighted by Gasteiger charge is 2.20. The number of carbonyl (C=O) groups is 1. The van der Waals surface area contributed by atoms with Gasteiger partial charge in [-0.3, -0.25) is 4.79 Å². The van der Waals surface area contributed by atoms with Crippen molar-refractivity contribution in [1.29, 1.82) is 0 Å². The maximum atomic E-state index is 12.6. The Kier molecular flexibility index (Phi) is 5.50. The van der Waals surface area contributed by atoms with E-state index in [-0.39, 0.29) is 12.1 Å². The van der Waals surface area contributed by atoms with Gasteiger partial charge in [-0.05, 0) is 42.3 Å². The van der Waals surface area contributed by atoms with E-state index < -0.39 is 0 Å². The fourth-order valence-electron chi connectivity index (χ4n) is 3.38. The summed E-state index contributed by atoms with van der Waals surface area (Å²) in [7, 11) is 3.43. The van der Waals surface area contributed by atoms with Crippen molar-refractivity contribution in [2.45, 2.75) is 13.2 Å². The topological polar surface area (TPSA) is 63.2 Å². The highest BCUT2D eigenvalue weighted by atomic mass is 16.7. The standard InChI is InChI=1S/C24H23N3O3/c1-16-25-23(27(2)30-16)19-12-8-17(9-13-19)18-10-14-20(15-11-18)24(28)26-21-6-4-5-7-22(21)29-3/h4-16H,1-3H3,(H,26,28). The zero-order valence-corrected chi connectivity index (χ0v) is 17.1. The minimum Gasteiger partial charge on any atom is -0.495 e. The van der Waals surface area contributed by atoms with Crippen molar-refractivity contribution in [2.24, 2.45) is 4.99 Å². The lowest BCUT2D eigenvalue weighted by Crippen LogP contribution is -2.22. The SMILES string of the molecule is COc1ccccc1NC(=O)c1ccc(-c2ccc(C3=NC(C)ON3C)cc2)cc1. The van der Waals surface area contributed by atoms with Gasteiger partial charge in [-0.25, -0.2) is 14.9 Å². The van der Waals surface area contributed by atoms with Gasteiger partial charge in [-0.1, -0.05) is 48.5 Å². The molecule has 0 radical (unpaired) electrons. The van der Waals surface area contributed by atoms with Crippen LogP contribution in [0.1, 0.15) is 22.8 Å². The number of benzene rings is 3. The summed E-state index contributed by atoms with van der Waals surface area (Å²) in [5.74, 6) is 1.26. The van der Waals surface area contributed by atoms with E-state index in [0.29, 0.717) is 17.0 Å². The Hall–Kier alpha value is -3.64. The Labute approximate surface area is 175 Å². The third-order valence-electron chi connectivity index (χ3n) is 4.89. The largest absolute Gasteiger partial charge is 0.495 e. The van der Waals surface area contributed by atoms with Gasteiger partial charge in [0.2, 0.25) is 0 Å². The molecule has 152 valence electrons. The number of carbonyl (C=O) groups excluding carboxylic acids is 1. The zero-order chi connectivity index (χ0) is 21.1. The molecule has 0 saturated carbocycles. The lowest BCUT2D eigenvalue weighted by molar-refractivity contribution is -0.0959. The molecule has 6 nitrogen and oxygen atoms in total. The number of ether oxygens (including phenoxy) is 1. The maximum absolute atomic E-state index is 12.6. The van der Waals surface area contributed by atoms with E-state index in [1.165, 1.54) is 0 Å². The number of methoxy groups -OCH3 is 1. The second kappa shape index (κ2) is 8.39. The van der Waals surface area contributed by atoms with Crippen molar-refractivity contribution in [3.8, 4) is 16.9 Å². The molecule has 0 spiro atoms. The third kappa shape index (κ3) is 4.04. The van der Waals surface area contributed by atoms with Crippen LogP contribution in [0.5, 0.6) is 5.75 Å². The third-order valence-corrected chi connectivity index (χ3v) is 4.89. The Bertz CT molecular complexity index is 1080. The van der Waals surface area contributed by atoms with Crippen molar-refractivity contribution in [2.75, 3.05) is 19.5 Å². The number of nitrogens with zero attached hydrogens (tertiary/aromatic N) is 2. The summed E-state index contributed by atoms with van der Waals surface area (Å²) < 4.78 is 5.28. The van der Waals surface area contributed by atoms with Gasteiger partial charge in [-0.15, -0.1) is 0 Å². The van der Waals surface area contributed by atoms with Gasteiger partial charge in [0.05, 0.1) is 12.8 Å². The van der Waals surface area contributed by atoms with Gasteiger partial charge in [0, 0.05) is 18.2 Å². The van der Waals surface area contributed by atoms with Crippen molar-refractivity contribution < 1.29 is 14.4 Å². The van der Waals surface area contributed by atoms with Crippen LogP contribution < -0.4 is 10.1 Å². The summed E-state index contributed by atoms with van der Waals surface area (Å²) in [6.45, 7) is 1.91. The molecule has 0 fully saturated rings. The summed E-state index contributed by atoms with van der Waals surface area (Å²) in [5.41, 5.74) is 4.31. The Morgan fingerprint density at radius 1 is 0.967 bits per heavy atom. The van der Waals surface area contributed by atoms with Crippen LogP contribution in [0.4, 0.5) is 5.69 Å². The van der Waals surface area contributed by atoms with E-state index in [0.717, 1.165) is 22.5 Å². The lowest BCUT2D eigenvalue weighted by Gasteiger charge is -2.13. The molecule has 1 atom stereocenters. The quantitative estimate of drug-likeness (QED) is 0.680. The van der Waals surface area contributed by atoms with Crippen LogP contribution in [-0.2, 0) is 4.84 Å². The Morgan fingerprint density at radius 3 is 2.17 bits per heavy atom. The van der Waals surface area contributed by atoms with Crippen LogP contribution in [0, 0.1) is 0 Å². The van der Waals surface area contributed by atoms with Crippen LogP contribution in [0.25, 0.3) is 11.1 Å². The van der Waals surface area contributed by atoms with Gasteiger partial charge in [0.25, 0.3) is 5.91 Å². The van der Waals surface area contributed by atoms with Crippen LogP contribution in [-0.4, -0.2) is 37.2 Å². The first kappa shape index (κ1) is 19.7. The second-order valence-corrected chi connectivity index (χ2v) is 6.96. The monoisotopic (exact) mass is 401 g/mol. The second-order valence-electron chi connectivity index (χ2n) is 6.96. The van der Waals surface area contributed by atoms with E-state index >= 15 is 0 Å². The van der Waals surface area contributed by atoms with Crippen molar-refractivity contribution in [1.82, 2.24) is 5.06 Å². The fraction of sp³-hybridized carbons (Fsp3) is 0.167. The molecule has 0 aromatic heterocycles. The Balaban J connectivity index is 1.48. The van der Waals surface area contributed by atoms with Gasteiger partial charge in [-0.2, -0.15) is 0 Å². The normalized spacial score (nSPS) is 15.6. The van der Waals surface area contributed by atoms with Crippen molar-refractivity contribution >= 4 is 17.4 Å². The first-order valence-electron chi connectivity index (χ1n) is 9.68. The van der Waals surface area contributed by atoms with Crippen LogP contribution in [0.2, 0.25) is 0 Å². The number of amidine groups is 1. The number of nitrogens with one attached hydrogen (secondary N) is 1. The fourth-order valence-corrected chi connectivity index (χ4v) is 3.38. The summed E-state index contributed by atoms with van der Waals surface area (Å²) in [6.07, 6.45) is -0.167. The number of hydroxylamine groups is 2. The van der Waals surface area contributed by atoms with Crippen LogP contribution in [0.15, 0.2) is 77.8 Å². The summed E-state index contributed by atoms with van der Waals surface area (Å²) in [4.78, 5) is 22.6. The molecule has 0 bridgehead atoms. The average molecular weight is 401 g/mol. The van der Waals surface area contributed by atoms with E-state index in [9.17, 15) is 4.79 Å². The molecule has 0 aliphatic carbocycles. The summed E-state index contributed by atoms with van der Waals surface area (Å²) in [6, 6.07) is 23.0. The zero-order valence-electron chi connectivity index (χ0n) is 17.1. The predicted molar refractivity (Wildman–Crippen MR) is 118 cm³/mol. The van der Waals surface area contributed by atoms with Gasteiger partial charge < -0.3 is 10.1 Å². The summed E-state index contributed by atoms with van der Waals surface area (Å²) >= 11 is 0. The first-order chi connectivity index (χ1) is 14.5. The number of amides is 1. The molecule has 1 amide bonds. The first-order valence-corrected chi connectivity index (χ1v) is 9.68. The number of rotatable bonds is 5. The average Bonchev–Trinajstić information content (AvgIpc) is 3.12. The molecule has 4 rings (SSSR count). The molecule has 1 heterocycles. The Morgan fingerprint density at radius 2 is 1.57 bits per heavy atom. The number of hydrogen-bond donors (Lipinski definition) is 1. The molecule has 0 saturated heterocycles. The molecular formula is C24H23N3O3. The summed E-state index contributed by atoms with van der Waals surface area (Å²) in [5, 5.41) is 4.58. The molecule has 6 heteroatoms. The predicted octanol–water partition coefficient (Wildman–Crippen LogP) is 4.58. The molecule has 1 unspecified atom stereocenters. The van der Waals surface area contributed by atoms with Crippen molar-refractivity contribution in [3.05, 3.63) is 83.9 Å². The van der Waals surface area contributed by atoms with Crippen molar-refractivity contribution in [3.63, 3.8) is 0 Å². The minimum absolute atomic E-state index is 0.167. The smallest absolute Gasteiger partial charge is 0.255 e. The van der Waals surface area contributed by atoms with E-state index in [2.05, 4.69) is 10.3 Å².